The van der Waals surface area contributed by atoms with Crippen LogP contribution in [0.25, 0.3) is 11.1 Å². The molecule has 0 aromatic heterocycles. The molecular weight excluding hydrogens is 827 g/mol. The minimum Gasteiger partial charge on any atom is -0.460 e. The number of nitrogens with zero attached hydrogens (tertiary/aromatic N) is 1. The van der Waals surface area contributed by atoms with Crippen LogP contribution in [0.5, 0.6) is 17.2 Å². The van der Waals surface area contributed by atoms with E-state index in [4.69, 9.17) is 24.2 Å². The highest BCUT2D eigenvalue weighted by Crippen LogP contribution is 2.62. The summed E-state index contributed by atoms with van der Waals surface area (Å²) < 4.78 is 21.2. The van der Waals surface area contributed by atoms with Crippen LogP contribution >= 0.6 is 11.8 Å². The minimum atomic E-state index is -0.954. The maximum Gasteiger partial charge on any atom is 0.230 e. The van der Waals surface area contributed by atoms with Crippen molar-refractivity contribution < 1.29 is 29.3 Å². The summed E-state index contributed by atoms with van der Waals surface area (Å²) in [4.78, 5) is 5.93. The molecule has 1 aliphatic heterocycles. The molecule has 0 saturated heterocycles. The molecule has 0 spiro atoms. The molecule has 3 aliphatic rings. The summed E-state index contributed by atoms with van der Waals surface area (Å²) in [5.74, 6) is 2.82. The summed E-state index contributed by atoms with van der Waals surface area (Å²) in [5, 5.41) is 24.7. The first-order chi connectivity index (χ1) is 32.1. The maximum absolute atomic E-state index is 10.00. The second-order valence-electron chi connectivity index (χ2n) is 18.6. The molecule has 8 heteroatoms. The van der Waals surface area contributed by atoms with Gasteiger partial charge in [0.25, 0.3) is 0 Å². The van der Waals surface area contributed by atoms with Gasteiger partial charge in [-0.05, 0) is 104 Å². The van der Waals surface area contributed by atoms with Gasteiger partial charge in [0, 0.05) is 31.1 Å². The Kier molecular flexibility index (Phi) is 21.8. The van der Waals surface area contributed by atoms with E-state index in [1.54, 1.807) is 0 Å². The van der Waals surface area contributed by atoms with E-state index in [2.05, 4.69) is 68.1 Å². The third-order valence-electron chi connectivity index (χ3n) is 13.9. The zero-order valence-corrected chi connectivity index (χ0v) is 40.8. The van der Waals surface area contributed by atoms with Crippen molar-refractivity contribution in [2.75, 3.05) is 32.2 Å². The number of benzene rings is 3. The zero-order chi connectivity index (χ0) is 45.5. The lowest BCUT2D eigenvalue weighted by Gasteiger charge is -2.58. The van der Waals surface area contributed by atoms with Crippen LogP contribution in [0.15, 0.2) is 102 Å². The Bertz CT molecular complexity index is 1880. The van der Waals surface area contributed by atoms with E-state index < -0.39 is 5.79 Å². The van der Waals surface area contributed by atoms with Gasteiger partial charge < -0.3 is 29.3 Å². The summed E-state index contributed by atoms with van der Waals surface area (Å²) >= 11 is 1.98. The van der Waals surface area contributed by atoms with E-state index in [0.29, 0.717) is 19.6 Å². The Hall–Kier alpha value is -3.56. The molecule has 6 unspecified atom stereocenters. The monoisotopic (exact) mass is 908 g/mol. The Morgan fingerprint density at radius 1 is 0.738 bits per heavy atom. The number of rotatable bonds is 32. The van der Waals surface area contributed by atoms with Crippen LogP contribution in [0.4, 0.5) is 0 Å². The molecule has 6 rings (SSSR count). The van der Waals surface area contributed by atoms with Crippen molar-refractivity contribution in [3.8, 4) is 28.4 Å². The van der Waals surface area contributed by atoms with Crippen LogP contribution < -0.4 is 9.47 Å². The number of hydrogen-bond donors (Lipinski definition) is 2. The summed E-state index contributed by atoms with van der Waals surface area (Å²) in [6.45, 7) is 9.62. The highest BCUT2D eigenvalue weighted by molar-refractivity contribution is 8.00. The van der Waals surface area contributed by atoms with Gasteiger partial charge >= 0.3 is 0 Å². The lowest BCUT2D eigenvalue weighted by Crippen LogP contribution is -2.64. The third-order valence-corrected chi connectivity index (χ3v) is 15.4. The van der Waals surface area contributed by atoms with Crippen LogP contribution in [0.3, 0.4) is 0 Å². The molecule has 65 heavy (non-hydrogen) atoms. The lowest BCUT2D eigenvalue weighted by atomic mass is 9.56. The van der Waals surface area contributed by atoms with Gasteiger partial charge in [0.05, 0.1) is 23.5 Å². The molecule has 1 heterocycles. The van der Waals surface area contributed by atoms with E-state index in [1.807, 2.05) is 49.0 Å². The largest absolute Gasteiger partial charge is 0.460 e. The molecule has 1 saturated carbocycles. The first-order valence-corrected chi connectivity index (χ1v) is 26.8. The molecule has 2 aliphatic carbocycles. The van der Waals surface area contributed by atoms with E-state index in [-0.39, 0.29) is 42.1 Å². The molecule has 6 atom stereocenters. The van der Waals surface area contributed by atoms with Gasteiger partial charge in [-0.2, -0.15) is 11.8 Å². The maximum atomic E-state index is 10.00. The fourth-order valence-electron chi connectivity index (χ4n) is 10.7. The number of allylic oxidation sites excluding steroid dienone is 1. The Morgan fingerprint density at radius 3 is 2.02 bits per heavy atom. The van der Waals surface area contributed by atoms with E-state index in [1.165, 1.54) is 94.6 Å². The van der Waals surface area contributed by atoms with Crippen molar-refractivity contribution in [3.05, 3.63) is 103 Å². The van der Waals surface area contributed by atoms with E-state index in [9.17, 15) is 10.2 Å². The number of oxime groups is 1. The normalized spacial score (nSPS) is 22.7. The topological polar surface area (TPSA) is 89.7 Å². The molecule has 3 aromatic rings. The molecule has 0 bridgehead atoms. The molecule has 3 aromatic carbocycles. The molecule has 1 fully saturated rings. The standard InChI is InChI=1S/C57H81NO6S/c1-4-7-8-9-10-11-12-13-14-15-16-17-18-26-40-65-54-43-52(58-62-6-3)50-41-46(29-22-24-37-59)49(30-23-25-38-60)55-51-42-48(35-36-53(51)64-57(54,56(50)55)61-39-5-2)63-47-33-31-45(32-34-47)44-27-20-19-21-28-44/h5,19-21,27-28,31-36,41-42,46,49,54-56,59-60H,2,4,6-18,22-26,29-30,37-40,43H2,1,3H3. The number of hydrogen-bond acceptors (Lipinski definition) is 8. The fraction of sp³-hybridized carbons (Fsp3) is 0.596. The van der Waals surface area contributed by atoms with Crippen molar-refractivity contribution in [2.24, 2.45) is 22.9 Å². The fourth-order valence-corrected chi connectivity index (χ4v) is 12.1. The first-order valence-electron chi connectivity index (χ1n) is 25.7. The Balaban J connectivity index is 1.26. The van der Waals surface area contributed by atoms with Crippen LogP contribution in [-0.2, 0) is 9.57 Å². The number of thioether (sulfide) groups is 1. The Morgan fingerprint density at radius 2 is 1.37 bits per heavy atom. The van der Waals surface area contributed by atoms with Gasteiger partial charge in [0.1, 0.15) is 23.9 Å². The van der Waals surface area contributed by atoms with Crippen molar-refractivity contribution in [1.29, 1.82) is 0 Å². The number of aliphatic hydroxyl groups is 2. The van der Waals surface area contributed by atoms with Gasteiger partial charge in [-0.25, -0.2) is 0 Å². The second kappa shape index (κ2) is 27.9. The summed E-state index contributed by atoms with van der Waals surface area (Å²) in [7, 11) is 0. The quantitative estimate of drug-likeness (QED) is 0.0366. The number of unbranched alkanes of at least 4 members (excludes halogenated alkanes) is 15. The lowest BCUT2D eigenvalue weighted by molar-refractivity contribution is -0.223. The predicted octanol–water partition coefficient (Wildman–Crippen LogP) is 15.0. The highest BCUT2D eigenvalue weighted by atomic mass is 32.2. The zero-order valence-electron chi connectivity index (χ0n) is 39.9. The number of fused-ring (bicyclic) bond motifs is 2. The molecule has 356 valence electrons. The predicted molar refractivity (Wildman–Crippen MR) is 271 cm³/mol. The smallest absolute Gasteiger partial charge is 0.230 e. The van der Waals surface area contributed by atoms with Gasteiger partial charge in [-0.15, -0.1) is 6.58 Å². The summed E-state index contributed by atoms with van der Waals surface area (Å²) in [6, 6.07) is 25.1. The molecule has 0 amide bonds. The summed E-state index contributed by atoms with van der Waals surface area (Å²) in [6.07, 6.45) is 29.1. The molecular formula is C57H81NO6S. The van der Waals surface area contributed by atoms with Crippen LogP contribution in [0, 0.1) is 17.8 Å². The average molecular weight is 908 g/mol. The Labute approximate surface area is 396 Å². The van der Waals surface area contributed by atoms with Crippen LogP contribution in [0.1, 0.15) is 160 Å². The molecule has 2 N–H and O–H groups in total. The van der Waals surface area contributed by atoms with Crippen LogP contribution in [-0.4, -0.2) is 59.1 Å². The van der Waals surface area contributed by atoms with Crippen molar-refractivity contribution in [3.63, 3.8) is 0 Å². The van der Waals surface area contributed by atoms with Gasteiger partial charge in [-0.1, -0.05) is 163 Å². The minimum absolute atomic E-state index is 0.0236. The van der Waals surface area contributed by atoms with Crippen molar-refractivity contribution in [2.45, 2.75) is 166 Å². The van der Waals surface area contributed by atoms with Gasteiger partial charge in [0.2, 0.25) is 5.79 Å². The first kappa shape index (κ1) is 50.8. The number of ether oxygens (including phenoxy) is 3. The van der Waals surface area contributed by atoms with E-state index in [0.717, 1.165) is 84.8 Å². The SMILES string of the molecule is C=CCOC12Oc3ccc(Oc4ccc(-c5ccccc5)cc4)cc3C3C(CCCCO)C(CCCCO)C=C(C(=NOCC)CC1SCCCCCCCCCCCCCCCC)C32. The van der Waals surface area contributed by atoms with Crippen molar-refractivity contribution in [1.82, 2.24) is 0 Å². The number of aliphatic hydroxyl groups excluding tert-OH is 2. The highest BCUT2D eigenvalue weighted by Gasteiger charge is 2.64. The molecule has 0 radical (unpaired) electrons. The van der Waals surface area contributed by atoms with Gasteiger partial charge in [0.15, 0.2) is 0 Å². The van der Waals surface area contributed by atoms with Crippen LogP contribution in [0.2, 0.25) is 0 Å². The third kappa shape index (κ3) is 14.2. The average Bonchev–Trinajstić information content (AvgIpc) is 3.33. The molecule has 7 nitrogen and oxygen atoms in total. The van der Waals surface area contributed by atoms with Crippen molar-refractivity contribution >= 4 is 17.5 Å². The van der Waals surface area contributed by atoms with E-state index >= 15 is 0 Å². The summed E-state index contributed by atoms with van der Waals surface area (Å²) in [5.41, 5.74) is 5.61. The second-order valence-corrected chi connectivity index (χ2v) is 19.9. The van der Waals surface area contributed by atoms with Gasteiger partial charge in [-0.3, -0.25) is 0 Å².